The van der Waals surface area contributed by atoms with E-state index in [2.05, 4.69) is 58.3 Å². The first-order chi connectivity index (χ1) is 13.1. The highest BCUT2D eigenvalue weighted by molar-refractivity contribution is 7.99. The molecule has 1 saturated heterocycles. The smallest absolute Gasteiger partial charge is 0.317 e. The maximum absolute atomic E-state index is 11.0. The number of carbonyl (C=O) groups is 1. The molecule has 1 aliphatic heterocycles. The number of hydrogen-bond donors (Lipinski definition) is 1. The Morgan fingerprint density at radius 2 is 1.70 bits per heavy atom. The molecule has 5 heteroatoms. The van der Waals surface area contributed by atoms with E-state index in [1.165, 1.54) is 15.4 Å². The number of rotatable bonds is 8. The van der Waals surface area contributed by atoms with Crippen LogP contribution in [0.5, 0.6) is 0 Å². The highest BCUT2D eigenvalue weighted by Gasteiger charge is 2.24. The summed E-state index contributed by atoms with van der Waals surface area (Å²) in [6.45, 7) is 6.03. The lowest BCUT2D eigenvalue weighted by Gasteiger charge is -2.37. The van der Waals surface area contributed by atoms with Crippen LogP contribution in [0.15, 0.2) is 64.4 Å². The van der Waals surface area contributed by atoms with Crippen LogP contribution < -0.4 is 0 Å². The summed E-state index contributed by atoms with van der Waals surface area (Å²) in [6, 6.07) is 19.7. The van der Waals surface area contributed by atoms with Crippen molar-refractivity contribution in [1.29, 1.82) is 0 Å². The van der Waals surface area contributed by atoms with Crippen molar-refractivity contribution in [3.63, 3.8) is 0 Å². The molecule has 1 aliphatic rings. The Hall–Kier alpha value is -1.82. The molecule has 0 aromatic heterocycles. The van der Waals surface area contributed by atoms with E-state index >= 15 is 0 Å². The van der Waals surface area contributed by atoms with Gasteiger partial charge >= 0.3 is 5.97 Å². The van der Waals surface area contributed by atoms with E-state index in [-0.39, 0.29) is 6.54 Å². The molecule has 2 aromatic rings. The number of likely N-dealkylation sites (N-methyl/N-ethyl adjacent to an activating group) is 1. The molecule has 144 valence electrons. The van der Waals surface area contributed by atoms with Gasteiger partial charge in [0.05, 0.1) is 6.54 Å². The third-order valence-electron chi connectivity index (χ3n) is 5.13. The number of nitrogens with zero attached hydrogens (tertiary/aromatic N) is 2. The number of carboxylic acid groups (broad SMARTS) is 1. The normalized spacial score (nSPS) is 15.9. The fourth-order valence-electron chi connectivity index (χ4n) is 3.66. The fourth-order valence-corrected chi connectivity index (χ4v) is 4.50. The first-order valence-corrected chi connectivity index (χ1v) is 10.5. The third kappa shape index (κ3) is 6.09. The molecule has 0 spiro atoms. The van der Waals surface area contributed by atoms with Crippen LogP contribution in [0.2, 0.25) is 0 Å². The summed E-state index contributed by atoms with van der Waals surface area (Å²) in [5.41, 5.74) is 1.34. The first-order valence-electron chi connectivity index (χ1n) is 9.64. The van der Waals surface area contributed by atoms with Gasteiger partial charge in [0.2, 0.25) is 0 Å². The fraction of sp³-hybridized carbons (Fsp3) is 0.409. The zero-order valence-electron chi connectivity index (χ0n) is 15.9. The maximum Gasteiger partial charge on any atom is 0.317 e. The Balaban J connectivity index is 1.48. The summed E-state index contributed by atoms with van der Waals surface area (Å²) in [5.74, 6) is -0.729. The largest absolute Gasteiger partial charge is 0.480 e. The predicted molar refractivity (Wildman–Crippen MR) is 110 cm³/mol. The summed E-state index contributed by atoms with van der Waals surface area (Å²) >= 11 is 1.79. The lowest BCUT2D eigenvalue weighted by molar-refractivity contribution is -0.139. The van der Waals surface area contributed by atoms with Gasteiger partial charge in [0.25, 0.3) is 0 Å². The topological polar surface area (TPSA) is 43.8 Å². The maximum atomic E-state index is 11.0. The zero-order valence-corrected chi connectivity index (χ0v) is 16.7. The number of benzene rings is 2. The van der Waals surface area contributed by atoms with Crippen molar-refractivity contribution in [1.82, 2.24) is 9.80 Å². The van der Waals surface area contributed by atoms with Crippen LogP contribution in [0.25, 0.3) is 0 Å². The Kier molecular flexibility index (Phi) is 7.33. The van der Waals surface area contributed by atoms with Crippen molar-refractivity contribution in [3.05, 3.63) is 60.2 Å². The van der Waals surface area contributed by atoms with Crippen LogP contribution in [-0.2, 0) is 11.3 Å². The minimum absolute atomic E-state index is 0.154. The molecule has 0 atom stereocenters. The van der Waals surface area contributed by atoms with Crippen LogP contribution >= 0.6 is 11.8 Å². The van der Waals surface area contributed by atoms with Gasteiger partial charge in [-0.05, 0) is 62.3 Å². The van der Waals surface area contributed by atoms with E-state index in [1.54, 1.807) is 11.8 Å². The number of likely N-dealkylation sites (tertiary alicyclic amines) is 1. The van der Waals surface area contributed by atoms with Crippen LogP contribution in [0.1, 0.15) is 25.3 Å². The number of carboxylic acids is 1. The third-order valence-corrected chi connectivity index (χ3v) is 6.14. The summed E-state index contributed by atoms with van der Waals surface area (Å²) in [4.78, 5) is 18.1. The van der Waals surface area contributed by atoms with Crippen molar-refractivity contribution in [3.8, 4) is 0 Å². The van der Waals surface area contributed by atoms with Gasteiger partial charge in [-0.2, -0.15) is 0 Å². The van der Waals surface area contributed by atoms with Crippen molar-refractivity contribution in [2.24, 2.45) is 0 Å². The number of piperidine rings is 1. The van der Waals surface area contributed by atoms with Gasteiger partial charge in [0.1, 0.15) is 0 Å². The molecule has 1 heterocycles. The molecule has 4 nitrogen and oxygen atoms in total. The molecule has 0 amide bonds. The van der Waals surface area contributed by atoms with Gasteiger partial charge in [-0.25, -0.2) is 0 Å². The molecule has 0 aliphatic carbocycles. The highest BCUT2D eigenvalue weighted by atomic mass is 32.2. The number of hydrogen-bond acceptors (Lipinski definition) is 4. The average Bonchev–Trinajstić information content (AvgIpc) is 2.69. The Bertz CT molecular complexity index is 713. The van der Waals surface area contributed by atoms with E-state index in [0.717, 1.165) is 39.0 Å². The van der Waals surface area contributed by atoms with Crippen molar-refractivity contribution in [2.45, 2.75) is 42.1 Å². The van der Waals surface area contributed by atoms with Crippen molar-refractivity contribution in [2.75, 3.05) is 26.2 Å². The monoisotopic (exact) mass is 384 g/mol. The SMILES string of the molecule is CCN(CC(=O)O)C1CCN(Cc2ccc(Sc3ccccc3)cc2)CC1. The quantitative estimate of drug-likeness (QED) is 0.739. The van der Waals surface area contributed by atoms with E-state index in [9.17, 15) is 4.79 Å². The summed E-state index contributed by atoms with van der Waals surface area (Å²) in [6.07, 6.45) is 2.09. The first kappa shape index (κ1) is 19.9. The second kappa shape index (κ2) is 9.93. The van der Waals surface area contributed by atoms with E-state index < -0.39 is 5.97 Å². The summed E-state index contributed by atoms with van der Waals surface area (Å²) in [7, 11) is 0. The molecule has 0 unspecified atom stereocenters. The second-order valence-corrected chi connectivity index (χ2v) is 8.17. The lowest BCUT2D eigenvalue weighted by atomic mass is 10.0. The molecular weight excluding hydrogens is 356 g/mol. The minimum atomic E-state index is -0.729. The van der Waals surface area contributed by atoms with Gasteiger partial charge in [-0.3, -0.25) is 14.6 Å². The van der Waals surface area contributed by atoms with E-state index in [4.69, 9.17) is 5.11 Å². The molecule has 1 N–H and O–H groups in total. The van der Waals surface area contributed by atoms with Gasteiger partial charge in [0, 0.05) is 22.4 Å². The van der Waals surface area contributed by atoms with Gasteiger partial charge in [-0.15, -0.1) is 0 Å². The van der Waals surface area contributed by atoms with Crippen LogP contribution in [0, 0.1) is 0 Å². The Morgan fingerprint density at radius 3 is 2.30 bits per heavy atom. The summed E-state index contributed by atoms with van der Waals surface area (Å²) in [5, 5.41) is 9.05. The Morgan fingerprint density at radius 1 is 1.07 bits per heavy atom. The van der Waals surface area contributed by atoms with Gasteiger partial charge < -0.3 is 5.11 Å². The van der Waals surface area contributed by atoms with Crippen LogP contribution in [-0.4, -0.2) is 53.1 Å². The average molecular weight is 385 g/mol. The highest BCUT2D eigenvalue weighted by Crippen LogP contribution is 2.27. The van der Waals surface area contributed by atoms with E-state index in [0.29, 0.717) is 6.04 Å². The molecule has 0 saturated carbocycles. The van der Waals surface area contributed by atoms with Crippen molar-refractivity contribution < 1.29 is 9.90 Å². The van der Waals surface area contributed by atoms with Gasteiger partial charge in [0.15, 0.2) is 0 Å². The molecular formula is C22H28N2O2S. The van der Waals surface area contributed by atoms with Crippen molar-refractivity contribution >= 4 is 17.7 Å². The minimum Gasteiger partial charge on any atom is -0.480 e. The predicted octanol–water partition coefficient (Wildman–Crippen LogP) is 4.21. The van der Waals surface area contributed by atoms with Crippen LogP contribution in [0.3, 0.4) is 0 Å². The second-order valence-electron chi connectivity index (χ2n) is 7.02. The summed E-state index contributed by atoms with van der Waals surface area (Å²) < 4.78 is 0. The lowest BCUT2D eigenvalue weighted by Crippen LogP contribution is -2.46. The van der Waals surface area contributed by atoms with E-state index in [1.807, 2.05) is 13.0 Å². The molecule has 3 rings (SSSR count). The molecule has 0 bridgehead atoms. The Labute approximate surface area is 166 Å². The molecule has 2 aromatic carbocycles. The van der Waals surface area contributed by atoms with Crippen LogP contribution in [0.4, 0.5) is 0 Å². The zero-order chi connectivity index (χ0) is 19.1. The number of aliphatic carboxylic acids is 1. The molecule has 0 radical (unpaired) electrons. The molecule has 27 heavy (non-hydrogen) atoms. The van der Waals surface area contributed by atoms with Gasteiger partial charge in [-0.1, -0.05) is 49.0 Å². The standard InChI is InChI=1S/C22H28N2O2S/c1-2-24(17-22(25)26)19-12-14-23(15-13-19)16-18-8-10-21(11-9-18)27-20-6-4-3-5-7-20/h3-11,19H,2,12-17H2,1H3,(H,25,26). The molecule has 1 fully saturated rings.